The third-order valence-electron chi connectivity index (χ3n) is 2.28. The van der Waals surface area contributed by atoms with E-state index in [4.69, 9.17) is 4.74 Å². The average molecular weight is 301 g/mol. The van der Waals surface area contributed by atoms with Crippen LogP contribution in [0.1, 0.15) is 23.1 Å². The summed E-state index contributed by atoms with van der Waals surface area (Å²) < 4.78 is 20.5. The van der Waals surface area contributed by atoms with Crippen molar-refractivity contribution >= 4 is 27.5 Å². The first kappa shape index (κ1) is 12.0. The van der Waals surface area contributed by atoms with Gasteiger partial charge >= 0.3 is 5.97 Å². The Hall–Kier alpha value is -1.43. The SMILES string of the molecule is CCOC(=O)c1c(C)nc2c(F)cc(Br)cn12. The van der Waals surface area contributed by atoms with Crippen molar-refractivity contribution < 1.29 is 13.9 Å². The number of carbonyl (C=O) groups excluding carboxylic acids is 1. The van der Waals surface area contributed by atoms with Gasteiger partial charge in [0.1, 0.15) is 0 Å². The molecule has 0 unspecified atom stereocenters. The van der Waals surface area contributed by atoms with Crippen LogP contribution in [0.4, 0.5) is 4.39 Å². The van der Waals surface area contributed by atoms with E-state index in [1.807, 2.05) is 0 Å². The van der Waals surface area contributed by atoms with Crippen molar-refractivity contribution in [3.8, 4) is 0 Å². The minimum absolute atomic E-state index is 0.119. The minimum Gasteiger partial charge on any atom is -0.461 e. The van der Waals surface area contributed by atoms with Crippen molar-refractivity contribution in [2.45, 2.75) is 13.8 Å². The number of esters is 1. The monoisotopic (exact) mass is 300 g/mol. The largest absolute Gasteiger partial charge is 0.461 e. The summed E-state index contributed by atoms with van der Waals surface area (Å²) in [6.45, 7) is 3.63. The lowest BCUT2D eigenvalue weighted by molar-refractivity contribution is 0.0517. The second kappa shape index (κ2) is 4.44. The smallest absolute Gasteiger partial charge is 0.357 e. The van der Waals surface area contributed by atoms with Crippen LogP contribution in [-0.4, -0.2) is 22.0 Å². The standard InChI is InChI=1S/C11H10BrFN2O2/c1-3-17-11(16)9-6(2)14-10-8(13)4-7(12)5-15(9)10/h4-5H,3H2,1-2H3. The van der Waals surface area contributed by atoms with E-state index >= 15 is 0 Å². The highest BCUT2D eigenvalue weighted by atomic mass is 79.9. The molecule has 90 valence electrons. The lowest BCUT2D eigenvalue weighted by atomic mass is 10.3. The molecule has 0 aliphatic heterocycles. The molecule has 0 aliphatic rings. The first-order chi connectivity index (χ1) is 8.04. The molecule has 0 N–H and O–H groups in total. The number of ether oxygens (including phenoxy) is 1. The van der Waals surface area contributed by atoms with E-state index in [0.717, 1.165) is 0 Å². The number of carbonyl (C=O) groups is 1. The van der Waals surface area contributed by atoms with E-state index in [1.165, 1.54) is 10.5 Å². The number of aryl methyl sites for hydroxylation is 1. The maximum absolute atomic E-state index is 13.6. The van der Waals surface area contributed by atoms with Crippen LogP contribution in [-0.2, 0) is 4.74 Å². The predicted octanol–water partition coefficient (Wildman–Crippen LogP) is 2.72. The van der Waals surface area contributed by atoms with E-state index in [2.05, 4.69) is 20.9 Å². The van der Waals surface area contributed by atoms with E-state index < -0.39 is 11.8 Å². The lowest BCUT2D eigenvalue weighted by Crippen LogP contribution is -2.09. The molecule has 2 aromatic rings. The van der Waals surface area contributed by atoms with Crippen LogP contribution in [0.25, 0.3) is 5.65 Å². The molecule has 0 radical (unpaired) electrons. The predicted molar refractivity (Wildman–Crippen MR) is 63.5 cm³/mol. The molecule has 0 fully saturated rings. The van der Waals surface area contributed by atoms with Gasteiger partial charge in [-0.05, 0) is 35.8 Å². The second-order valence-electron chi connectivity index (χ2n) is 3.47. The summed E-state index contributed by atoms with van der Waals surface area (Å²) in [4.78, 5) is 15.8. The normalized spacial score (nSPS) is 10.8. The molecular formula is C11H10BrFN2O2. The molecule has 17 heavy (non-hydrogen) atoms. The van der Waals surface area contributed by atoms with Gasteiger partial charge in [0.2, 0.25) is 0 Å². The van der Waals surface area contributed by atoms with Crippen LogP contribution >= 0.6 is 15.9 Å². The van der Waals surface area contributed by atoms with Crippen LogP contribution in [0.5, 0.6) is 0 Å². The summed E-state index contributed by atoms with van der Waals surface area (Å²) in [6.07, 6.45) is 1.59. The molecule has 0 bridgehead atoms. The number of hydrogen-bond donors (Lipinski definition) is 0. The fourth-order valence-corrected chi connectivity index (χ4v) is 2.04. The van der Waals surface area contributed by atoms with Gasteiger partial charge in [0.15, 0.2) is 17.2 Å². The maximum atomic E-state index is 13.6. The van der Waals surface area contributed by atoms with Crippen LogP contribution in [0.2, 0.25) is 0 Å². The summed E-state index contributed by atoms with van der Waals surface area (Å²) in [5.74, 6) is -0.993. The van der Waals surface area contributed by atoms with Crippen molar-refractivity contribution in [1.82, 2.24) is 9.38 Å². The first-order valence-corrected chi connectivity index (χ1v) is 5.84. The molecule has 0 aliphatic carbocycles. The fraction of sp³-hybridized carbons (Fsp3) is 0.273. The van der Waals surface area contributed by atoms with Gasteiger partial charge in [-0.25, -0.2) is 14.2 Å². The molecule has 0 aromatic carbocycles. The summed E-state index contributed by atoms with van der Waals surface area (Å²) in [6, 6.07) is 1.30. The Labute approximate surface area is 106 Å². The number of pyridine rings is 1. The molecule has 0 saturated carbocycles. The lowest BCUT2D eigenvalue weighted by Gasteiger charge is -2.03. The van der Waals surface area contributed by atoms with Gasteiger partial charge < -0.3 is 4.74 Å². The molecule has 0 atom stereocenters. The van der Waals surface area contributed by atoms with Crippen LogP contribution in [0.15, 0.2) is 16.7 Å². The molecule has 4 nitrogen and oxygen atoms in total. The highest BCUT2D eigenvalue weighted by Crippen LogP contribution is 2.20. The number of rotatable bonds is 2. The van der Waals surface area contributed by atoms with Gasteiger partial charge in [-0.1, -0.05) is 0 Å². The van der Waals surface area contributed by atoms with E-state index in [0.29, 0.717) is 10.2 Å². The summed E-state index contributed by atoms with van der Waals surface area (Å²) in [7, 11) is 0. The number of nitrogens with zero attached hydrogens (tertiary/aromatic N) is 2. The van der Waals surface area contributed by atoms with Crippen molar-refractivity contribution in [2.75, 3.05) is 6.61 Å². The minimum atomic E-state index is -0.505. The Morgan fingerprint density at radius 2 is 2.35 bits per heavy atom. The number of aromatic nitrogens is 2. The Morgan fingerprint density at radius 3 is 3.00 bits per heavy atom. The van der Waals surface area contributed by atoms with Gasteiger partial charge in [0.25, 0.3) is 0 Å². The molecule has 0 spiro atoms. The molecule has 0 saturated heterocycles. The van der Waals surface area contributed by atoms with Crippen molar-refractivity contribution in [1.29, 1.82) is 0 Å². The maximum Gasteiger partial charge on any atom is 0.357 e. The van der Waals surface area contributed by atoms with E-state index in [9.17, 15) is 9.18 Å². The summed E-state index contributed by atoms with van der Waals surface area (Å²) in [5, 5.41) is 0. The third kappa shape index (κ3) is 2.04. The van der Waals surface area contributed by atoms with Crippen LogP contribution in [0, 0.1) is 12.7 Å². The number of fused-ring (bicyclic) bond motifs is 1. The third-order valence-corrected chi connectivity index (χ3v) is 2.72. The summed E-state index contributed by atoms with van der Waals surface area (Å²) in [5.41, 5.74) is 0.816. The molecule has 2 heterocycles. The van der Waals surface area contributed by atoms with E-state index in [1.54, 1.807) is 20.0 Å². The Balaban J connectivity index is 2.70. The van der Waals surface area contributed by atoms with E-state index in [-0.39, 0.29) is 17.9 Å². The quantitative estimate of drug-likeness (QED) is 0.801. The Morgan fingerprint density at radius 1 is 1.65 bits per heavy atom. The summed E-state index contributed by atoms with van der Waals surface area (Å²) >= 11 is 3.17. The Bertz CT molecular complexity index is 595. The van der Waals surface area contributed by atoms with Gasteiger partial charge in [0, 0.05) is 10.7 Å². The van der Waals surface area contributed by atoms with Crippen molar-refractivity contribution in [3.63, 3.8) is 0 Å². The fourth-order valence-electron chi connectivity index (χ4n) is 1.63. The van der Waals surface area contributed by atoms with Crippen molar-refractivity contribution in [3.05, 3.63) is 33.9 Å². The molecule has 2 aromatic heterocycles. The zero-order valence-electron chi connectivity index (χ0n) is 9.33. The topological polar surface area (TPSA) is 43.6 Å². The van der Waals surface area contributed by atoms with Gasteiger partial charge in [-0.2, -0.15) is 0 Å². The highest BCUT2D eigenvalue weighted by Gasteiger charge is 2.19. The van der Waals surface area contributed by atoms with Gasteiger partial charge in [-0.3, -0.25) is 4.40 Å². The van der Waals surface area contributed by atoms with Gasteiger partial charge in [0.05, 0.1) is 12.3 Å². The highest BCUT2D eigenvalue weighted by molar-refractivity contribution is 9.10. The number of hydrogen-bond acceptors (Lipinski definition) is 3. The molecule has 0 amide bonds. The van der Waals surface area contributed by atoms with Crippen LogP contribution < -0.4 is 0 Å². The zero-order valence-corrected chi connectivity index (χ0v) is 10.9. The zero-order chi connectivity index (χ0) is 12.6. The molecule has 6 heteroatoms. The molecular weight excluding hydrogens is 291 g/mol. The molecule has 2 rings (SSSR count). The average Bonchev–Trinajstić information content (AvgIpc) is 2.55. The number of imidazole rings is 1. The van der Waals surface area contributed by atoms with Gasteiger partial charge in [-0.15, -0.1) is 0 Å². The van der Waals surface area contributed by atoms with Crippen molar-refractivity contribution in [2.24, 2.45) is 0 Å². The second-order valence-corrected chi connectivity index (χ2v) is 4.38. The number of halogens is 2. The van der Waals surface area contributed by atoms with Crippen LogP contribution in [0.3, 0.4) is 0 Å². The Kier molecular flexibility index (Phi) is 3.15. The first-order valence-electron chi connectivity index (χ1n) is 5.05.